The zero-order valence-electron chi connectivity index (χ0n) is 9.64. The summed E-state index contributed by atoms with van der Waals surface area (Å²) >= 11 is 0. The first-order valence-electron chi connectivity index (χ1n) is 5.60. The van der Waals surface area contributed by atoms with E-state index in [9.17, 15) is 0 Å². The maximum absolute atomic E-state index is 4.13. The van der Waals surface area contributed by atoms with E-state index in [1.54, 1.807) is 4.68 Å². The maximum atomic E-state index is 4.13. The molecule has 86 valence electrons. The number of hydrogen-bond donors (Lipinski definition) is 2. The molecule has 0 bridgehead atoms. The van der Waals surface area contributed by atoms with E-state index in [2.05, 4.69) is 39.7 Å². The fourth-order valence-electron chi connectivity index (χ4n) is 2.01. The first kappa shape index (κ1) is 9.96. The zero-order valence-corrected chi connectivity index (χ0v) is 9.64. The average Bonchev–Trinajstić information content (AvgIpc) is 2.94. The van der Waals surface area contributed by atoms with Gasteiger partial charge in [0.1, 0.15) is 0 Å². The Morgan fingerprint density at radius 1 is 1.35 bits per heavy atom. The number of H-pyrrole nitrogens is 1. The normalized spacial score (nSPS) is 10.9. The smallest absolute Gasteiger partial charge is 0.0729 e. The molecule has 3 aromatic rings. The second kappa shape index (κ2) is 3.97. The largest absolute Gasteiger partial charge is 0.378 e. The van der Waals surface area contributed by atoms with Crippen LogP contribution in [0.5, 0.6) is 0 Å². The van der Waals surface area contributed by atoms with Gasteiger partial charge < -0.3 is 10.3 Å². The van der Waals surface area contributed by atoms with Gasteiger partial charge in [0.2, 0.25) is 0 Å². The van der Waals surface area contributed by atoms with Crippen LogP contribution in [0, 0.1) is 0 Å². The molecule has 0 saturated carbocycles. The Labute approximate surface area is 99.3 Å². The van der Waals surface area contributed by atoms with Crippen LogP contribution >= 0.6 is 0 Å². The third-order valence-electron chi connectivity index (χ3n) is 2.87. The highest BCUT2D eigenvalue weighted by Crippen LogP contribution is 2.18. The van der Waals surface area contributed by atoms with E-state index in [1.165, 1.54) is 16.5 Å². The summed E-state index contributed by atoms with van der Waals surface area (Å²) in [6.45, 7) is 0.806. The summed E-state index contributed by atoms with van der Waals surface area (Å²) < 4.78 is 1.79. The van der Waals surface area contributed by atoms with Gasteiger partial charge in [-0.15, -0.1) is 0 Å². The molecule has 17 heavy (non-hydrogen) atoms. The summed E-state index contributed by atoms with van der Waals surface area (Å²) in [6, 6.07) is 8.40. The monoisotopic (exact) mass is 226 g/mol. The highest BCUT2D eigenvalue weighted by atomic mass is 15.3. The third-order valence-corrected chi connectivity index (χ3v) is 2.87. The van der Waals surface area contributed by atoms with Gasteiger partial charge >= 0.3 is 0 Å². The van der Waals surface area contributed by atoms with Crippen molar-refractivity contribution in [1.82, 2.24) is 14.8 Å². The van der Waals surface area contributed by atoms with Crippen molar-refractivity contribution in [3.8, 4) is 0 Å². The third kappa shape index (κ3) is 1.89. The summed E-state index contributed by atoms with van der Waals surface area (Å²) in [5.74, 6) is 0. The molecule has 3 rings (SSSR count). The van der Waals surface area contributed by atoms with Gasteiger partial charge in [-0.25, -0.2) is 0 Å². The van der Waals surface area contributed by atoms with Crippen LogP contribution in [0.15, 0.2) is 42.9 Å². The van der Waals surface area contributed by atoms with E-state index < -0.39 is 0 Å². The molecule has 0 atom stereocenters. The molecule has 0 fully saturated rings. The van der Waals surface area contributed by atoms with Gasteiger partial charge in [0, 0.05) is 36.9 Å². The quantitative estimate of drug-likeness (QED) is 0.720. The van der Waals surface area contributed by atoms with Crippen molar-refractivity contribution >= 4 is 16.6 Å². The zero-order chi connectivity index (χ0) is 11.7. The molecule has 2 aromatic heterocycles. The first-order chi connectivity index (χ1) is 8.33. The van der Waals surface area contributed by atoms with Gasteiger partial charge in [0.05, 0.1) is 11.9 Å². The number of fused-ring (bicyclic) bond motifs is 1. The Morgan fingerprint density at radius 2 is 2.29 bits per heavy atom. The van der Waals surface area contributed by atoms with E-state index in [-0.39, 0.29) is 0 Å². The molecule has 0 spiro atoms. The molecule has 2 heterocycles. The Hall–Kier alpha value is -2.23. The Morgan fingerprint density at radius 3 is 3.12 bits per heavy atom. The first-order valence-corrected chi connectivity index (χ1v) is 5.60. The van der Waals surface area contributed by atoms with E-state index in [4.69, 9.17) is 0 Å². The molecule has 1 aromatic carbocycles. The lowest BCUT2D eigenvalue weighted by Gasteiger charge is -2.05. The molecule has 0 saturated heterocycles. The van der Waals surface area contributed by atoms with Crippen LogP contribution in [0.1, 0.15) is 5.56 Å². The van der Waals surface area contributed by atoms with Crippen molar-refractivity contribution in [1.29, 1.82) is 0 Å². The summed E-state index contributed by atoms with van der Waals surface area (Å²) in [5.41, 5.74) is 3.50. The maximum Gasteiger partial charge on any atom is 0.0729 e. The molecule has 4 nitrogen and oxygen atoms in total. The van der Waals surface area contributed by atoms with E-state index in [0.717, 1.165) is 12.2 Å². The van der Waals surface area contributed by atoms with Gasteiger partial charge in [-0.3, -0.25) is 4.68 Å². The van der Waals surface area contributed by atoms with Crippen LogP contribution in [-0.2, 0) is 13.6 Å². The number of benzene rings is 1. The van der Waals surface area contributed by atoms with Crippen molar-refractivity contribution in [2.24, 2.45) is 7.05 Å². The highest BCUT2D eigenvalue weighted by molar-refractivity contribution is 5.83. The molecule has 0 amide bonds. The molecule has 0 radical (unpaired) electrons. The minimum Gasteiger partial charge on any atom is -0.378 e. The van der Waals surface area contributed by atoms with Gasteiger partial charge in [-0.2, -0.15) is 5.10 Å². The highest BCUT2D eigenvalue weighted by Gasteiger charge is 2.01. The van der Waals surface area contributed by atoms with Crippen LogP contribution in [-0.4, -0.2) is 14.8 Å². The van der Waals surface area contributed by atoms with Crippen molar-refractivity contribution in [3.63, 3.8) is 0 Å². The second-order valence-electron chi connectivity index (χ2n) is 4.11. The van der Waals surface area contributed by atoms with Crippen LogP contribution in [0.3, 0.4) is 0 Å². The lowest BCUT2D eigenvalue weighted by atomic mass is 10.1. The summed E-state index contributed by atoms with van der Waals surface area (Å²) in [5, 5.41) is 8.76. The molecule has 4 heteroatoms. The minimum atomic E-state index is 0.806. The fraction of sp³-hybridized carbons (Fsp3) is 0.154. The van der Waals surface area contributed by atoms with E-state index in [0.29, 0.717) is 0 Å². The molecule has 0 unspecified atom stereocenters. The number of rotatable bonds is 3. The predicted molar refractivity (Wildman–Crippen MR) is 68.8 cm³/mol. The molecule has 2 N–H and O–H groups in total. The number of anilines is 1. The predicted octanol–water partition coefficient (Wildman–Crippen LogP) is 2.51. The Balaban J connectivity index is 1.83. The standard InChI is InChI=1S/C13H14N4/c1-17-9-11(8-16-17)15-7-10-3-2-4-13-12(10)5-6-14-13/h2-6,8-9,14-15H,7H2,1H3. The van der Waals surface area contributed by atoms with Crippen molar-refractivity contribution in [2.45, 2.75) is 6.54 Å². The number of nitrogens with zero attached hydrogens (tertiary/aromatic N) is 2. The molecular formula is C13H14N4. The van der Waals surface area contributed by atoms with Crippen molar-refractivity contribution in [3.05, 3.63) is 48.4 Å². The topological polar surface area (TPSA) is 45.6 Å². The molecule has 0 aliphatic carbocycles. The van der Waals surface area contributed by atoms with Crippen LogP contribution in [0.4, 0.5) is 5.69 Å². The second-order valence-corrected chi connectivity index (χ2v) is 4.11. The van der Waals surface area contributed by atoms with Crippen LogP contribution < -0.4 is 5.32 Å². The number of nitrogens with one attached hydrogen (secondary N) is 2. The Kier molecular flexibility index (Phi) is 2.33. The van der Waals surface area contributed by atoms with E-state index >= 15 is 0 Å². The van der Waals surface area contributed by atoms with E-state index in [1.807, 2.05) is 25.6 Å². The number of aromatic nitrogens is 3. The fourth-order valence-corrected chi connectivity index (χ4v) is 2.01. The van der Waals surface area contributed by atoms with Crippen molar-refractivity contribution in [2.75, 3.05) is 5.32 Å². The van der Waals surface area contributed by atoms with Crippen LogP contribution in [0.25, 0.3) is 10.9 Å². The number of aromatic amines is 1. The molecule has 0 aliphatic rings. The van der Waals surface area contributed by atoms with Gasteiger partial charge in [0.15, 0.2) is 0 Å². The van der Waals surface area contributed by atoms with Gasteiger partial charge in [0.25, 0.3) is 0 Å². The van der Waals surface area contributed by atoms with Gasteiger partial charge in [-0.1, -0.05) is 12.1 Å². The lowest BCUT2D eigenvalue weighted by molar-refractivity contribution is 0.768. The summed E-state index contributed by atoms with van der Waals surface area (Å²) in [7, 11) is 1.91. The van der Waals surface area contributed by atoms with Gasteiger partial charge in [-0.05, 0) is 17.7 Å². The minimum absolute atomic E-state index is 0.806. The Bertz CT molecular complexity index is 635. The number of aryl methyl sites for hydroxylation is 1. The number of hydrogen-bond acceptors (Lipinski definition) is 2. The summed E-state index contributed by atoms with van der Waals surface area (Å²) in [6.07, 6.45) is 5.77. The SMILES string of the molecule is Cn1cc(NCc2cccc3[nH]ccc23)cn1. The lowest BCUT2D eigenvalue weighted by Crippen LogP contribution is -1.98. The van der Waals surface area contributed by atoms with Crippen LogP contribution in [0.2, 0.25) is 0 Å². The van der Waals surface area contributed by atoms with Crippen molar-refractivity contribution < 1.29 is 0 Å². The molecule has 0 aliphatic heterocycles. The average molecular weight is 226 g/mol. The summed E-state index contributed by atoms with van der Waals surface area (Å²) in [4.78, 5) is 3.22. The molecular weight excluding hydrogens is 212 g/mol.